The summed E-state index contributed by atoms with van der Waals surface area (Å²) in [5, 5.41) is 14.2. The van der Waals surface area contributed by atoms with Crippen LogP contribution in [0.25, 0.3) is 11.0 Å². The Bertz CT molecular complexity index is 1540. The lowest BCUT2D eigenvalue weighted by molar-refractivity contribution is 0.158. The number of aromatic nitrogens is 2. The summed E-state index contributed by atoms with van der Waals surface area (Å²) in [6, 6.07) is 20.0. The van der Waals surface area contributed by atoms with Gasteiger partial charge in [-0.1, -0.05) is 30.3 Å². The summed E-state index contributed by atoms with van der Waals surface area (Å²) in [6.45, 7) is 5.02. The number of nitrogens with one attached hydrogen (secondary N) is 3. The van der Waals surface area contributed by atoms with Crippen molar-refractivity contribution in [3.05, 3.63) is 84.7 Å². The van der Waals surface area contributed by atoms with Crippen LogP contribution in [0.1, 0.15) is 31.9 Å². The number of ether oxygens (including phenoxy) is 1. The number of rotatable bonds is 11. The molecule has 0 bridgehead atoms. The number of fused-ring (bicyclic) bond motifs is 1. The van der Waals surface area contributed by atoms with Gasteiger partial charge in [-0.2, -0.15) is 0 Å². The van der Waals surface area contributed by atoms with Crippen molar-refractivity contribution in [1.29, 1.82) is 0 Å². The zero-order chi connectivity index (χ0) is 28.0. The number of hydrogen-bond donors (Lipinski definition) is 5. The molecule has 1 amide bonds. The molecule has 0 spiro atoms. The molecule has 4 rings (SSSR count). The Kier molecular flexibility index (Phi) is 8.51. The molecule has 12 heteroatoms. The third-order valence-corrected chi connectivity index (χ3v) is 7.65. The number of benzene rings is 3. The van der Waals surface area contributed by atoms with E-state index in [0.29, 0.717) is 29.1 Å². The number of anilines is 1. The molecule has 0 saturated heterocycles. The van der Waals surface area contributed by atoms with Gasteiger partial charge < -0.3 is 19.7 Å². The second kappa shape index (κ2) is 11.8. The molecular weight excluding hydrogens is 520 g/mol. The Balaban J connectivity index is 1.33. The molecule has 1 heterocycles. The third-order valence-electron chi connectivity index (χ3n) is 6.25. The number of aliphatic hydroxyl groups excluding tert-OH is 1. The average molecular weight is 553 g/mol. The van der Waals surface area contributed by atoms with Crippen LogP contribution in [-0.4, -0.2) is 41.3 Å². The molecule has 0 fully saturated rings. The molecule has 0 aliphatic carbocycles. The van der Waals surface area contributed by atoms with Crippen molar-refractivity contribution in [2.45, 2.75) is 43.4 Å². The smallest absolute Gasteiger partial charge is 0.409 e. The highest BCUT2D eigenvalue weighted by molar-refractivity contribution is 7.92. The fourth-order valence-corrected chi connectivity index (χ4v) is 5.09. The van der Waals surface area contributed by atoms with E-state index < -0.39 is 22.2 Å². The van der Waals surface area contributed by atoms with Crippen molar-refractivity contribution in [3.63, 3.8) is 0 Å². The minimum absolute atomic E-state index is 0.165. The van der Waals surface area contributed by atoms with Gasteiger partial charge >= 0.3 is 6.09 Å². The van der Waals surface area contributed by atoms with Crippen molar-refractivity contribution >= 4 is 32.8 Å². The number of amides is 1. The van der Waals surface area contributed by atoms with Gasteiger partial charge in [-0.3, -0.25) is 10.1 Å². The Labute approximate surface area is 227 Å². The molecule has 0 radical (unpaired) electrons. The van der Waals surface area contributed by atoms with E-state index in [0.717, 1.165) is 11.9 Å². The molecular formula is C27H32N6O5S. The van der Waals surface area contributed by atoms with E-state index in [-0.39, 0.29) is 17.0 Å². The predicted molar refractivity (Wildman–Crippen MR) is 148 cm³/mol. The quantitative estimate of drug-likeness (QED) is 0.108. The van der Waals surface area contributed by atoms with Gasteiger partial charge in [0.25, 0.3) is 10.0 Å². The lowest BCUT2D eigenvalue weighted by atomic mass is 9.99. The number of β-amino-alcohol motifs (C(OH)–C–C–N with tert-alkyl or cyclic N) is 1. The van der Waals surface area contributed by atoms with Crippen LogP contribution in [0.4, 0.5) is 10.5 Å². The van der Waals surface area contributed by atoms with Gasteiger partial charge in [0.15, 0.2) is 0 Å². The van der Waals surface area contributed by atoms with Crippen molar-refractivity contribution in [1.82, 2.24) is 20.3 Å². The number of hydrogen-bond acceptors (Lipinski definition) is 8. The lowest BCUT2D eigenvalue weighted by Crippen LogP contribution is -2.42. The first-order valence-corrected chi connectivity index (χ1v) is 13.8. The van der Waals surface area contributed by atoms with E-state index in [2.05, 4.69) is 15.0 Å². The average Bonchev–Trinajstić information content (AvgIpc) is 3.33. The Morgan fingerprint density at radius 2 is 1.87 bits per heavy atom. The molecule has 1 aromatic heterocycles. The highest BCUT2D eigenvalue weighted by Gasteiger charge is 2.21. The molecule has 0 aliphatic rings. The fraction of sp³-hybridized carbons (Fsp3) is 0.259. The molecule has 3 aromatic carbocycles. The van der Waals surface area contributed by atoms with E-state index >= 15 is 0 Å². The first-order valence-electron chi connectivity index (χ1n) is 12.3. The fourth-order valence-electron chi connectivity index (χ4n) is 4.02. The number of aliphatic hydroxyl groups is 1. The number of carbonyl (C=O) groups is 1. The summed E-state index contributed by atoms with van der Waals surface area (Å²) in [4.78, 5) is 15.9. The zero-order valence-corrected chi connectivity index (χ0v) is 22.5. The second-order valence-corrected chi connectivity index (χ2v) is 11.4. The Morgan fingerprint density at radius 1 is 1.10 bits per heavy atom. The van der Waals surface area contributed by atoms with Crippen molar-refractivity contribution in [2.75, 3.05) is 11.3 Å². The molecule has 39 heavy (non-hydrogen) atoms. The number of carbonyl (C=O) groups excluding carboxylic acids is 1. The maximum absolute atomic E-state index is 12.6. The van der Waals surface area contributed by atoms with Crippen molar-refractivity contribution in [2.24, 2.45) is 5.84 Å². The van der Waals surface area contributed by atoms with E-state index in [1.807, 2.05) is 29.9 Å². The number of sulfonamides is 1. The molecule has 4 aromatic rings. The van der Waals surface area contributed by atoms with Gasteiger partial charge in [0.2, 0.25) is 0 Å². The summed E-state index contributed by atoms with van der Waals surface area (Å²) in [5.41, 5.74) is 4.12. The van der Waals surface area contributed by atoms with Crippen LogP contribution in [0.3, 0.4) is 0 Å². The van der Waals surface area contributed by atoms with Crippen molar-refractivity contribution in [3.8, 4) is 5.75 Å². The third kappa shape index (κ3) is 7.33. The summed E-state index contributed by atoms with van der Waals surface area (Å²) < 4.78 is 34.9. The minimum atomic E-state index is -3.73. The van der Waals surface area contributed by atoms with Crippen LogP contribution < -0.4 is 26.0 Å². The number of nitrogens with two attached hydrogens (primary N) is 1. The topological polar surface area (TPSA) is 161 Å². The maximum Gasteiger partial charge on any atom is 0.426 e. The number of nitrogens with zero attached hydrogens (tertiary/aromatic N) is 2. The van der Waals surface area contributed by atoms with Gasteiger partial charge in [0.05, 0.1) is 28.4 Å². The van der Waals surface area contributed by atoms with Crippen LogP contribution >= 0.6 is 0 Å². The summed E-state index contributed by atoms with van der Waals surface area (Å²) in [5.74, 6) is 5.39. The van der Waals surface area contributed by atoms with Gasteiger partial charge in [-0.05, 0) is 62.2 Å². The van der Waals surface area contributed by atoms with Gasteiger partial charge in [0.1, 0.15) is 5.75 Å². The SMILES string of the molecule is CC(C)(CCn1cnc2cc(OC(=O)NN)ccc21)NC[C@H](O)c1cccc(NS(=O)(=O)c2ccccc2)c1. The van der Waals surface area contributed by atoms with Crippen LogP contribution in [0.15, 0.2) is 84.0 Å². The number of aryl methyl sites for hydroxylation is 1. The minimum Gasteiger partial charge on any atom is -0.409 e. The standard InChI is InChI=1S/C27H32N6O5S/c1-27(2,13-14-33-18-29-23-16-21(11-12-24(23)33)38-26(35)31-28)30-17-25(34)19-7-6-8-20(15-19)32-39(36,37)22-9-4-3-5-10-22/h3-12,15-16,18,25,30,32,34H,13-14,17,28H2,1-2H3,(H,31,35)/t25-/m0/s1. The predicted octanol–water partition coefficient (Wildman–Crippen LogP) is 3.29. The zero-order valence-electron chi connectivity index (χ0n) is 21.7. The van der Waals surface area contributed by atoms with Gasteiger partial charge in [-0.15, -0.1) is 0 Å². The van der Waals surface area contributed by atoms with E-state index in [9.17, 15) is 18.3 Å². The molecule has 6 N–H and O–H groups in total. The van der Waals surface area contributed by atoms with E-state index in [1.165, 1.54) is 12.1 Å². The van der Waals surface area contributed by atoms with Gasteiger partial charge in [0, 0.05) is 30.4 Å². The first kappa shape index (κ1) is 28.0. The molecule has 0 aliphatic heterocycles. The number of hydrazine groups is 1. The monoisotopic (exact) mass is 552 g/mol. The van der Waals surface area contributed by atoms with E-state index in [1.54, 1.807) is 60.9 Å². The maximum atomic E-state index is 12.6. The van der Waals surface area contributed by atoms with Crippen LogP contribution in [0.2, 0.25) is 0 Å². The highest BCUT2D eigenvalue weighted by atomic mass is 32.2. The Hall–Kier alpha value is -3.97. The summed E-state index contributed by atoms with van der Waals surface area (Å²) in [7, 11) is -3.73. The largest absolute Gasteiger partial charge is 0.426 e. The molecule has 1 atom stereocenters. The number of imidazole rings is 1. The lowest BCUT2D eigenvalue weighted by Gasteiger charge is -2.28. The second-order valence-electron chi connectivity index (χ2n) is 9.70. The molecule has 206 valence electrons. The molecule has 0 saturated carbocycles. The van der Waals surface area contributed by atoms with Crippen LogP contribution in [0, 0.1) is 0 Å². The van der Waals surface area contributed by atoms with Gasteiger partial charge in [-0.25, -0.2) is 24.0 Å². The molecule has 11 nitrogen and oxygen atoms in total. The van der Waals surface area contributed by atoms with E-state index in [4.69, 9.17) is 10.6 Å². The van der Waals surface area contributed by atoms with Crippen LogP contribution in [-0.2, 0) is 16.6 Å². The normalized spacial score (nSPS) is 12.7. The molecule has 0 unspecified atom stereocenters. The Morgan fingerprint density at radius 3 is 2.62 bits per heavy atom. The first-order chi connectivity index (χ1) is 18.6. The summed E-state index contributed by atoms with van der Waals surface area (Å²) in [6.07, 6.45) is 0.855. The van der Waals surface area contributed by atoms with Crippen molar-refractivity contribution < 1.29 is 23.1 Å². The summed E-state index contributed by atoms with van der Waals surface area (Å²) >= 11 is 0. The highest BCUT2D eigenvalue weighted by Crippen LogP contribution is 2.23. The van der Waals surface area contributed by atoms with Crippen LogP contribution in [0.5, 0.6) is 5.75 Å².